The quantitative estimate of drug-likeness (QED) is 0.557. The smallest absolute Gasteiger partial charge is 0.0956 e. The number of hydrogen-bond acceptors (Lipinski definition) is 0. The van der Waals surface area contributed by atoms with Gasteiger partial charge in [0.1, 0.15) is 0 Å². The van der Waals surface area contributed by atoms with Crippen LogP contribution >= 0.6 is 0 Å². The summed E-state index contributed by atoms with van der Waals surface area (Å²) in [6.45, 7) is 1.51. The van der Waals surface area contributed by atoms with Crippen molar-refractivity contribution in [3.8, 4) is 0 Å². The fraction of sp³-hybridized carbons (Fsp3) is 0.111. The molecule has 0 bridgehead atoms. The van der Waals surface area contributed by atoms with Gasteiger partial charge in [-0.2, -0.15) is 0 Å². The monoisotopic (exact) mass is 166 g/mol. The van der Waals surface area contributed by atoms with Gasteiger partial charge in [0.05, 0.1) is 5.83 Å². The van der Waals surface area contributed by atoms with Gasteiger partial charge in [-0.1, -0.05) is 30.3 Å². The van der Waals surface area contributed by atoms with E-state index in [1.54, 1.807) is 0 Å². The minimum atomic E-state index is -0.0529. The molecule has 0 aromatic heterocycles. The largest absolute Gasteiger partial charge is 0.212 e. The lowest BCUT2D eigenvalue weighted by Gasteiger charge is -1.99. The van der Waals surface area contributed by atoms with Crippen LogP contribution in [0.3, 0.4) is 0 Å². The van der Waals surface area contributed by atoms with Crippen molar-refractivity contribution in [2.75, 3.05) is 0 Å². The molecule has 0 aliphatic carbocycles. The van der Waals surface area contributed by atoms with E-state index in [0.717, 1.165) is 21.0 Å². The van der Waals surface area contributed by atoms with Crippen molar-refractivity contribution in [1.82, 2.24) is 0 Å². The maximum atomic E-state index is 12.7. The van der Waals surface area contributed by atoms with Crippen LogP contribution in [0.25, 0.3) is 5.20 Å². The first-order chi connectivity index (χ1) is 5.22. The zero-order valence-corrected chi connectivity index (χ0v) is 8.76. The molecule has 0 saturated heterocycles. The van der Waals surface area contributed by atoms with Gasteiger partial charge in [0.2, 0.25) is 0 Å². The highest BCUT2D eigenvalue weighted by molar-refractivity contribution is 6.42. The lowest BCUT2D eigenvalue weighted by molar-refractivity contribution is 0.646. The Morgan fingerprint density at radius 1 is 1.27 bits per heavy atom. The highest BCUT2D eigenvalue weighted by Gasteiger charge is 1.96. The zero-order valence-electron chi connectivity index (χ0n) is 6.76. The van der Waals surface area contributed by atoms with E-state index < -0.39 is 0 Å². The van der Waals surface area contributed by atoms with E-state index in [1.807, 2.05) is 30.3 Å². The first-order valence-electron chi connectivity index (χ1n) is 3.60. The Balaban J connectivity index is 3.04. The molecule has 0 aliphatic rings. The summed E-state index contributed by atoms with van der Waals surface area (Å²) in [5, 5.41) is 0.852. The maximum absolute atomic E-state index is 12.7. The van der Waals surface area contributed by atoms with Gasteiger partial charge < -0.3 is 0 Å². The predicted molar refractivity (Wildman–Crippen MR) is 50.1 cm³/mol. The van der Waals surface area contributed by atoms with Crippen LogP contribution in [0.1, 0.15) is 12.5 Å². The van der Waals surface area contributed by atoms with E-state index in [2.05, 4.69) is 0 Å². The summed E-state index contributed by atoms with van der Waals surface area (Å²) < 4.78 is 12.7. The van der Waals surface area contributed by atoms with Crippen LogP contribution in [0.2, 0.25) is 0 Å². The summed E-state index contributed by atoms with van der Waals surface area (Å²) >= 11 is 0. The first-order valence-corrected chi connectivity index (χ1v) is 4.60. The molecule has 11 heavy (non-hydrogen) atoms. The summed E-state index contributed by atoms with van der Waals surface area (Å²) in [5.41, 5.74) is 1.01. The zero-order chi connectivity index (χ0) is 8.27. The van der Waals surface area contributed by atoms with Crippen LogP contribution < -0.4 is 0 Å². The Hall–Kier alpha value is -0.893. The first kappa shape index (κ1) is 8.21. The second-order valence-corrected chi connectivity index (χ2v) is 3.52. The molecular weight excluding hydrogens is 155 g/mol. The van der Waals surface area contributed by atoms with Crippen molar-refractivity contribution in [3.05, 3.63) is 41.7 Å². The van der Waals surface area contributed by atoms with Gasteiger partial charge in [0.25, 0.3) is 0 Å². The lowest BCUT2D eigenvalue weighted by atomic mass is 10.2. The third kappa shape index (κ3) is 2.02. The minimum Gasteiger partial charge on any atom is -0.212 e. The third-order valence-corrected chi connectivity index (χ3v) is 2.99. The summed E-state index contributed by atoms with van der Waals surface area (Å²) in [6, 6.07) is 9.66. The lowest BCUT2D eigenvalue weighted by Crippen LogP contribution is -1.83. The molecule has 0 saturated carbocycles. The van der Waals surface area contributed by atoms with Gasteiger partial charge >= 0.3 is 0 Å². The molecule has 0 radical (unpaired) electrons. The fourth-order valence-electron chi connectivity index (χ4n) is 0.887. The number of halogens is 1. The molecule has 0 unspecified atom stereocenters. The molecule has 1 rings (SSSR count). The van der Waals surface area contributed by atoms with Crippen molar-refractivity contribution in [3.63, 3.8) is 0 Å². The molecule has 2 heteroatoms. The van der Waals surface area contributed by atoms with Crippen LogP contribution in [-0.2, 0) is 0 Å². The van der Waals surface area contributed by atoms with E-state index in [9.17, 15) is 4.39 Å². The highest BCUT2D eigenvalue weighted by atomic mass is 28.1. The molecule has 0 atom stereocenters. The van der Waals surface area contributed by atoms with Crippen LogP contribution in [0.4, 0.5) is 4.39 Å². The fourth-order valence-corrected chi connectivity index (χ4v) is 1.22. The predicted octanol–water partition coefficient (Wildman–Crippen LogP) is 1.71. The van der Waals surface area contributed by atoms with E-state index in [-0.39, 0.29) is 5.83 Å². The Labute approximate surface area is 69.2 Å². The van der Waals surface area contributed by atoms with Gasteiger partial charge in [0.15, 0.2) is 0 Å². The number of benzene rings is 1. The Morgan fingerprint density at radius 2 is 1.82 bits per heavy atom. The van der Waals surface area contributed by atoms with Gasteiger partial charge in [-0.25, -0.2) is 4.39 Å². The van der Waals surface area contributed by atoms with Gasteiger partial charge in [0, 0.05) is 10.2 Å². The topological polar surface area (TPSA) is 0 Å². The summed E-state index contributed by atoms with van der Waals surface area (Å²) in [6.07, 6.45) is 0. The summed E-state index contributed by atoms with van der Waals surface area (Å²) in [4.78, 5) is 0. The SMILES string of the molecule is CC(F)=C([SiH3])c1ccccc1. The molecule has 0 aliphatic heterocycles. The van der Waals surface area contributed by atoms with Crippen molar-refractivity contribution in [2.24, 2.45) is 0 Å². The summed E-state index contributed by atoms with van der Waals surface area (Å²) in [7, 11) is 0.766. The number of hydrogen-bond donors (Lipinski definition) is 0. The van der Waals surface area contributed by atoms with Crippen molar-refractivity contribution in [2.45, 2.75) is 6.92 Å². The van der Waals surface area contributed by atoms with Gasteiger partial charge in [-0.3, -0.25) is 0 Å². The Bertz CT molecular complexity index is 260. The molecule has 0 spiro atoms. The molecule has 0 amide bonds. The standard InChI is InChI=1S/C9H11FSi/c1-7(10)9(11)8-5-3-2-4-6-8/h2-6H,1,11H3. The highest BCUT2D eigenvalue weighted by Crippen LogP contribution is 2.14. The molecule has 0 fully saturated rings. The molecule has 58 valence electrons. The second kappa shape index (κ2) is 3.48. The molecule has 0 nitrogen and oxygen atoms in total. The molecule has 0 heterocycles. The normalized spacial score (nSPS) is 12.9. The maximum Gasteiger partial charge on any atom is 0.0956 e. The molecule has 1 aromatic rings. The van der Waals surface area contributed by atoms with Crippen molar-refractivity contribution in [1.29, 1.82) is 0 Å². The molecule has 1 aromatic carbocycles. The van der Waals surface area contributed by atoms with Crippen LogP contribution in [0.5, 0.6) is 0 Å². The van der Waals surface area contributed by atoms with E-state index in [4.69, 9.17) is 0 Å². The van der Waals surface area contributed by atoms with Crippen molar-refractivity contribution >= 4 is 15.4 Å². The average Bonchev–Trinajstić information content (AvgIpc) is 2.05. The summed E-state index contributed by atoms with van der Waals surface area (Å²) in [5.74, 6) is -0.0529. The molecule has 0 N–H and O–H groups in total. The Morgan fingerprint density at radius 3 is 2.27 bits per heavy atom. The van der Waals surface area contributed by atoms with Gasteiger partial charge in [-0.05, 0) is 17.7 Å². The number of allylic oxidation sites excluding steroid dienone is 1. The second-order valence-electron chi connectivity index (χ2n) is 2.52. The third-order valence-electron chi connectivity index (χ3n) is 1.72. The van der Waals surface area contributed by atoms with E-state index in [0.29, 0.717) is 0 Å². The van der Waals surface area contributed by atoms with Crippen LogP contribution in [0, 0.1) is 0 Å². The van der Waals surface area contributed by atoms with Crippen molar-refractivity contribution < 1.29 is 4.39 Å². The number of rotatable bonds is 1. The van der Waals surface area contributed by atoms with Crippen LogP contribution in [0.15, 0.2) is 36.2 Å². The molecular formula is C9H11FSi. The van der Waals surface area contributed by atoms with Crippen LogP contribution in [-0.4, -0.2) is 10.2 Å². The van der Waals surface area contributed by atoms with E-state index in [1.165, 1.54) is 6.92 Å². The average molecular weight is 166 g/mol. The Kier molecular flexibility index (Phi) is 2.60. The van der Waals surface area contributed by atoms with E-state index >= 15 is 0 Å². The minimum absolute atomic E-state index is 0.0529. The van der Waals surface area contributed by atoms with Gasteiger partial charge in [-0.15, -0.1) is 0 Å².